The van der Waals surface area contributed by atoms with Crippen molar-refractivity contribution in [1.29, 1.82) is 0 Å². The molecule has 0 aromatic heterocycles. The quantitative estimate of drug-likeness (QED) is 0.764. The number of rotatable bonds is 2. The highest BCUT2D eigenvalue weighted by Crippen LogP contribution is 2.38. The first-order valence-electron chi connectivity index (χ1n) is 6.39. The Hall–Kier alpha value is -1.47. The van der Waals surface area contributed by atoms with E-state index in [1.165, 1.54) is 30.4 Å². The SMILES string of the molecule is Nc1ccc(-c2cccc(C3CCC3)c2)cc1Cl. The molecule has 0 spiro atoms. The van der Waals surface area contributed by atoms with Crippen molar-refractivity contribution in [1.82, 2.24) is 0 Å². The van der Waals surface area contributed by atoms with Gasteiger partial charge in [0.15, 0.2) is 0 Å². The Balaban J connectivity index is 1.97. The van der Waals surface area contributed by atoms with Gasteiger partial charge in [0.25, 0.3) is 0 Å². The van der Waals surface area contributed by atoms with Gasteiger partial charge >= 0.3 is 0 Å². The molecular formula is C16H16ClN. The molecule has 0 atom stereocenters. The Morgan fingerprint density at radius 2 is 1.78 bits per heavy atom. The average Bonchev–Trinajstić information content (AvgIpc) is 2.31. The van der Waals surface area contributed by atoms with E-state index in [-0.39, 0.29) is 0 Å². The lowest BCUT2D eigenvalue weighted by atomic mass is 9.79. The Labute approximate surface area is 113 Å². The normalized spacial score (nSPS) is 15.4. The van der Waals surface area contributed by atoms with E-state index in [9.17, 15) is 0 Å². The maximum absolute atomic E-state index is 6.08. The van der Waals surface area contributed by atoms with Crippen molar-refractivity contribution in [2.45, 2.75) is 25.2 Å². The van der Waals surface area contributed by atoms with Crippen LogP contribution in [0.25, 0.3) is 11.1 Å². The van der Waals surface area contributed by atoms with E-state index in [0.717, 1.165) is 11.5 Å². The van der Waals surface area contributed by atoms with Crippen LogP contribution in [0.1, 0.15) is 30.7 Å². The summed E-state index contributed by atoms with van der Waals surface area (Å²) >= 11 is 6.08. The van der Waals surface area contributed by atoms with Crippen LogP contribution in [0.3, 0.4) is 0 Å². The number of hydrogen-bond acceptors (Lipinski definition) is 1. The molecular weight excluding hydrogens is 242 g/mol. The molecule has 0 amide bonds. The van der Waals surface area contributed by atoms with Gasteiger partial charge in [-0.15, -0.1) is 0 Å². The van der Waals surface area contributed by atoms with Crippen molar-refractivity contribution < 1.29 is 0 Å². The predicted octanol–water partition coefficient (Wildman–Crippen LogP) is 4.86. The monoisotopic (exact) mass is 257 g/mol. The standard InChI is InChI=1S/C16H16ClN/c17-15-10-14(7-8-16(15)18)13-6-2-5-12(9-13)11-3-1-4-11/h2,5-11H,1,3-4,18H2. The van der Waals surface area contributed by atoms with E-state index in [2.05, 4.69) is 24.3 Å². The Kier molecular flexibility index (Phi) is 3.00. The number of benzene rings is 2. The molecule has 3 rings (SSSR count). The van der Waals surface area contributed by atoms with Gasteiger partial charge in [-0.3, -0.25) is 0 Å². The maximum Gasteiger partial charge on any atom is 0.0641 e. The lowest BCUT2D eigenvalue weighted by Gasteiger charge is -2.26. The molecule has 0 heterocycles. The fourth-order valence-corrected chi connectivity index (χ4v) is 2.60. The predicted molar refractivity (Wildman–Crippen MR) is 77.9 cm³/mol. The van der Waals surface area contributed by atoms with Crippen LogP contribution in [0, 0.1) is 0 Å². The first kappa shape index (κ1) is 11.6. The summed E-state index contributed by atoms with van der Waals surface area (Å²) in [5.41, 5.74) is 10.2. The third-order valence-corrected chi connectivity index (χ3v) is 4.12. The van der Waals surface area contributed by atoms with Crippen molar-refractivity contribution in [3.05, 3.63) is 53.1 Å². The molecule has 1 aliphatic carbocycles. The summed E-state index contributed by atoms with van der Waals surface area (Å²) in [5, 5.41) is 0.626. The first-order chi connectivity index (χ1) is 8.74. The third-order valence-electron chi connectivity index (χ3n) is 3.80. The molecule has 0 radical (unpaired) electrons. The van der Waals surface area contributed by atoms with Crippen LogP contribution < -0.4 is 5.73 Å². The second-order valence-corrected chi connectivity index (χ2v) is 5.40. The zero-order valence-corrected chi connectivity index (χ0v) is 11.0. The van der Waals surface area contributed by atoms with Gasteiger partial charge in [-0.1, -0.05) is 48.4 Å². The van der Waals surface area contributed by atoms with Gasteiger partial charge in [0.05, 0.1) is 10.7 Å². The fraction of sp³-hybridized carbons (Fsp3) is 0.250. The van der Waals surface area contributed by atoms with Crippen LogP contribution in [0.5, 0.6) is 0 Å². The van der Waals surface area contributed by atoms with Crippen LogP contribution in [0.15, 0.2) is 42.5 Å². The van der Waals surface area contributed by atoms with E-state index in [1.54, 1.807) is 0 Å². The minimum Gasteiger partial charge on any atom is -0.398 e. The van der Waals surface area contributed by atoms with Gasteiger partial charge in [-0.25, -0.2) is 0 Å². The minimum absolute atomic E-state index is 0.626. The lowest BCUT2D eigenvalue weighted by molar-refractivity contribution is 0.420. The summed E-state index contributed by atoms with van der Waals surface area (Å²) in [6, 6.07) is 14.6. The molecule has 2 heteroatoms. The van der Waals surface area contributed by atoms with Gasteiger partial charge < -0.3 is 5.73 Å². The van der Waals surface area contributed by atoms with Crippen LogP contribution in [0.4, 0.5) is 5.69 Å². The number of halogens is 1. The summed E-state index contributed by atoms with van der Waals surface area (Å²) in [5.74, 6) is 0.759. The van der Waals surface area contributed by atoms with Crippen LogP contribution >= 0.6 is 11.6 Å². The molecule has 0 saturated heterocycles. The maximum atomic E-state index is 6.08. The van der Waals surface area contributed by atoms with Crippen LogP contribution in [0.2, 0.25) is 5.02 Å². The largest absolute Gasteiger partial charge is 0.398 e. The Morgan fingerprint density at radius 1 is 1.00 bits per heavy atom. The molecule has 0 bridgehead atoms. The van der Waals surface area contributed by atoms with Gasteiger partial charge in [0, 0.05) is 0 Å². The van der Waals surface area contributed by atoms with Gasteiger partial charge in [-0.05, 0) is 47.6 Å². The number of hydrogen-bond donors (Lipinski definition) is 1. The molecule has 0 unspecified atom stereocenters. The molecule has 0 aliphatic heterocycles. The number of nitrogen functional groups attached to an aromatic ring is 1. The highest BCUT2D eigenvalue weighted by Gasteiger charge is 2.19. The fourth-order valence-electron chi connectivity index (χ4n) is 2.42. The topological polar surface area (TPSA) is 26.0 Å². The minimum atomic E-state index is 0.626. The van der Waals surface area contributed by atoms with Gasteiger partial charge in [-0.2, -0.15) is 0 Å². The molecule has 1 aliphatic rings. The summed E-state index contributed by atoms with van der Waals surface area (Å²) in [7, 11) is 0. The van der Waals surface area contributed by atoms with E-state index in [4.69, 9.17) is 17.3 Å². The van der Waals surface area contributed by atoms with E-state index < -0.39 is 0 Å². The summed E-state index contributed by atoms with van der Waals surface area (Å²) in [6.07, 6.45) is 4.01. The molecule has 1 saturated carbocycles. The average molecular weight is 258 g/mol. The summed E-state index contributed by atoms with van der Waals surface area (Å²) in [4.78, 5) is 0. The number of anilines is 1. The Bertz CT molecular complexity index is 573. The molecule has 2 aromatic carbocycles. The van der Waals surface area contributed by atoms with Gasteiger partial charge in [0.2, 0.25) is 0 Å². The summed E-state index contributed by atoms with van der Waals surface area (Å²) in [6.45, 7) is 0. The third kappa shape index (κ3) is 2.11. The van der Waals surface area contributed by atoms with E-state index >= 15 is 0 Å². The smallest absolute Gasteiger partial charge is 0.0641 e. The molecule has 2 aromatic rings. The van der Waals surface area contributed by atoms with Gasteiger partial charge in [0.1, 0.15) is 0 Å². The molecule has 1 nitrogen and oxygen atoms in total. The zero-order valence-electron chi connectivity index (χ0n) is 10.2. The summed E-state index contributed by atoms with van der Waals surface area (Å²) < 4.78 is 0. The van der Waals surface area contributed by atoms with Crippen molar-refractivity contribution in [3.8, 4) is 11.1 Å². The highest BCUT2D eigenvalue weighted by atomic mass is 35.5. The highest BCUT2D eigenvalue weighted by molar-refractivity contribution is 6.33. The second-order valence-electron chi connectivity index (χ2n) is 4.99. The van der Waals surface area contributed by atoms with Crippen molar-refractivity contribution in [3.63, 3.8) is 0 Å². The van der Waals surface area contributed by atoms with Crippen molar-refractivity contribution in [2.24, 2.45) is 0 Å². The first-order valence-corrected chi connectivity index (χ1v) is 6.77. The van der Waals surface area contributed by atoms with Crippen molar-refractivity contribution >= 4 is 17.3 Å². The molecule has 2 N–H and O–H groups in total. The molecule has 92 valence electrons. The molecule has 18 heavy (non-hydrogen) atoms. The van der Waals surface area contributed by atoms with E-state index in [0.29, 0.717) is 10.7 Å². The van der Waals surface area contributed by atoms with E-state index in [1.807, 2.05) is 18.2 Å². The number of nitrogens with two attached hydrogens (primary N) is 1. The van der Waals surface area contributed by atoms with Crippen LogP contribution in [-0.4, -0.2) is 0 Å². The lowest BCUT2D eigenvalue weighted by Crippen LogP contribution is -2.08. The molecule has 1 fully saturated rings. The second kappa shape index (κ2) is 4.66. The Morgan fingerprint density at radius 3 is 2.44 bits per heavy atom. The van der Waals surface area contributed by atoms with Crippen molar-refractivity contribution in [2.75, 3.05) is 5.73 Å². The zero-order chi connectivity index (χ0) is 12.5. The van der Waals surface area contributed by atoms with Crippen LogP contribution in [-0.2, 0) is 0 Å².